The van der Waals surface area contributed by atoms with E-state index in [2.05, 4.69) is 5.32 Å². The van der Waals surface area contributed by atoms with Crippen molar-refractivity contribution in [2.75, 3.05) is 6.54 Å². The topological polar surface area (TPSA) is 68.3 Å². The number of rotatable bonds is 6. The molecule has 1 unspecified atom stereocenters. The largest absolute Gasteiger partial charge is 0.469 e. The van der Waals surface area contributed by atoms with Crippen LogP contribution >= 0.6 is 0 Å². The number of amides is 1. The Morgan fingerprint density at radius 2 is 2.44 bits per heavy atom. The molecule has 1 atom stereocenters. The van der Waals surface area contributed by atoms with Crippen molar-refractivity contribution in [2.45, 2.75) is 37.6 Å². The molecule has 1 fully saturated rings. The summed E-state index contributed by atoms with van der Waals surface area (Å²) in [6, 6.07) is 4.20. The van der Waals surface area contributed by atoms with Crippen molar-refractivity contribution < 1.29 is 9.21 Å². The third kappa shape index (κ3) is 3.10. The Labute approximate surface area is 95.2 Å². The van der Waals surface area contributed by atoms with Crippen LogP contribution in [-0.2, 0) is 4.79 Å². The number of carbonyl (C=O) groups excluding carboxylic acids is 1. The molecule has 0 aliphatic heterocycles. The van der Waals surface area contributed by atoms with Crippen molar-refractivity contribution in [3.63, 3.8) is 0 Å². The van der Waals surface area contributed by atoms with Gasteiger partial charge in [-0.05, 0) is 31.4 Å². The van der Waals surface area contributed by atoms with Gasteiger partial charge in [-0.1, -0.05) is 0 Å². The SMILES string of the molecule is NCC(CCC(=O)NC1CC1)c1ccco1. The third-order valence-electron chi connectivity index (χ3n) is 2.89. The monoisotopic (exact) mass is 222 g/mol. The second-order valence-corrected chi connectivity index (χ2v) is 4.33. The molecule has 16 heavy (non-hydrogen) atoms. The summed E-state index contributed by atoms with van der Waals surface area (Å²) < 4.78 is 5.30. The third-order valence-corrected chi connectivity index (χ3v) is 2.89. The number of hydrogen-bond acceptors (Lipinski definition) is 3. The maximum absolute atomic E-state index is 11.5. The fourth-order valence-electron chi connectivity index (χ4n) is 1.73. The van der Waals surface area contributed by atoms with Crippen LogP contribution in [0.25, 0.3) is 0 Å². The normalized spacial score (nSPS) is 17.1. The van der Waals surface area contributed by atoms with Crippen molar-refractivity contribution in [1.82, 2.24) is 5.32 Å². The number of hydrogen-bond donors (Lipinski definition) is 2. The maximum atomic E-state index is 11.5. The number of carbonyl (C=O) groups is 1. The van der Waals surface area contributed by atoms with Gasteiger partial charge in [0.25, 0.3) is 0 Å². The molecule has 1 aliphatic carbocycles. The summed E-state index contributed by atoms with van der Waals surface area (Å²) in [5, 5.41) is 2.97. The maximum Gasteiger partial charge on any atom is 0.220 e. The number of furan rings is 1. The smallest absolute Gasteiger partial charge is 0.220 e. The van der Waals surface area contributed by atoms with E-state index in [1.165, 1.54) is 0 Å². The lowest BCUT2D eigenvalue weighted by atomic mass is 10.0. The van der Waals surface area contributed by atoms with Gasteiger partial charge >= 0.3 is 0 Å². The van der Waals surface area contributed by atoms with E-state index < -0.39 is 0 Å². The van der Waals surface area contributed by atoms with E-state index in [4.69, 9.17) is 10.2 Å². The van der Waals surface area contributed by atoms with E-state index in [0.29, 0.717) is 19.0 Å². The first kappa shape index (κ1) is 11.2. The minimum absolute atomic E-state index is 0.132. The van der Waals surface area contributed by atoms with E-state index in [9.17, 15) is 4.79 Å². The molecule has 0 spiro atoms. The van der Waals surface area contributed by atoms with Crippen molar-refractivity contribution >= 4 is 5.91 Å². The number of nitrogens with one attached hydrogen (secondary N) is 1. The van der Waals surface area contributed by atoms with Crippen LogP contribution in [0.3, 0.4) is 0 Å². The zero-order valence-corrected chi connectivity index (χ0v) is 9.32. The first-order valence-corrected chi connectivity index (χ1v) is 5.82. The molecule has 1 amide bonds. The molecule has 4 heteroatoms. The van der Waals surface area contributed by atoms with E-state index >= 15 is 0 Å². The standard InChI is InChI=1S/C12H18N2O2/c13-8-9(11-2-1-7-16-11)3-6-12(15)14-10-4-5-10/h1-2,7,9-10H,3-6,8,13H2,(H,14,15). The van der Waals surface area contributed by atoms with Crippen LogP contribution in [0.15, 0.2) is 22.8 Å². The summed E-state index contributed by atoms with van der Waals surface area (Å²) in [5.41, 5.74) is 5.67. The predicted octanol–water partition coefficient (Wildman–Crippen LogP) is 1.38. The van der Waals surface area contributed by atoms with Crippen LogP contribution in [0.2, 0.25) is 0 Å². The molecule has 1 saturated carbocycles. The Bertz CT molecular complexity index is 331. The average Bonchev–Trinajstić information content (AvgIpc) is 2.92. The Balaban J connectivity index is 1.76. The van der Waals surface area contributed by atoms with Crippen LogP contribution in [0.4, 0.5) is 0 Å². The molecule has 1 aromatic rings. The minimum atomic E-state index is 0.132. The Kier molecular flexibility index (Phi) is 3.62. The Morgan fingerprint density at radius 3 is 3.00 bits per heavy atom. The molecule has 2 rings (SSSR count). The van der Waals surface area contributed by atoms with Gasteiger partial charge in [0.2, 0.25) is 5.91 Å². The van der Waals surface area contributed by atoms with Gasteiger partial charge in [0.05, 0.1) is 6.26 Å². The number of nitrogens with two attached hydrogens (primary N) is 1. The van der Waals surface area contributed by atoms with Crippen LogP contribution in [-0.4, -0.2) is 18.5 Å². The summed E-state index contributed by atoms with van der Waals surface area (Å²) in [5.74, 6) is 1.16. The lowest BCUT2D eigenvalue weighted by Gasteiger charge is -2.11. The molecule has 3 N–H and O–H groups in total. The van der Waals surface area contributed by atoms with E-state index in [-0.39, 0.29) is 11.8 Å². The van der Waals surface area contributed by atoms with Gasteiger partial charge in [0.1, 0.15) is 5.76 Å². The second-order valence-electron chi connectivity index (χ2n) is 4.33. The predicted molar refractivity (Wildman–Crippen MR) is 60.9 cm³/mol. The summed E-state index contributed by atoms with van der Waals surface area (Å²) >= 11 is 0. The summed E-state index contributed by atoms with van der Waals surface area (Å²) in [6.07, 6.45) is 5.18. The lowest BCUT2D eigenvalue weighted by Crippen LogP contribution is -2.26. The van der Waals surface area contributed by atoms with Gasteiger partial charge in [0.15, 0.2) is 0 Å². The van der Waals surface area contributed by atoms with Gasteiger partial charge in [-0.15, -0.1) is 0 Å². The summed E-state index contributed by atoms with van der Waals surface area (Å²) in [4.78, 5) is 11.5. The van der Waals surface area contributed by atoms with Crippen molar-refractivity contribution in [1.29, 1.82) is 0 Å². The highest BCUT2D eigenvalue weighted by atomic mass is 16.3. The first-order chi connectivity index (χ1) is 7.79. The molecule has 0 aromatic carbocycles. The highest BCUT2D eigenvalue weighted by Gasteiger charge is 2.23. The van der Waals surface area contributed by atoms with Crippen LogP contribution in [0, 0.1) is 0 Å². The van der Waals surface area contributed by atoms with Crippen molar-refractivity contribution in [2.24, 2.45) is 5.73 Å². The minimum Gasteiger partial charge on any atom is -0.469 e. The van der Waals surface area contributed by atoms with Crippen LogP contribution < -0.4 is 11.1 Å². The molecular formula is C12H18N2O2. The fourth-order valence-corrected chi connectivity index (χ4v) is 1.73. The van der Waals surface area contributed by atoms with E-state index in [1.807, 2.05) is 12.1 Å². The van der Waals surface area contributed by atoms with Gasteiger partial charge in [-0.3, -0.25) is 4.79 Å². The molecule has 0 saturated heterocycles. The summed E-state index contributed by atoms with van der Waals surface area (Å²) in [7, 11) is 0. The molecular weight excluding hydrogens is 204 g/mol. The molecule has 0 bridgehead atoms. The Morgan fingerprint density at radius 1 is 1.62 bits per heavy atom. The van der Waals surface area contributed by atoms with Crippen molar-refractivity contribution in [3.8, 4) is 0 Å². The van der Waals surface area contributed by atoms with Crippen molar-refractivity contribution in [3.05, 3.63) is 24.2 Å². The fraction of sp³-hybridized carbons (Fsp3) is 0.583. The summed E-state index contributed by atoms with van der Waals surface area (Å²) in [6.45, 7) is 0.518. The molecule has 1 heterocycles. The highest BCUT2D eigenvalue weighted by Crippen LogP contribution is 2.22. The van der Waals surface area contributed by atoms with Crippen LogP contribution in [0.5, 0.6) is 0 Å². The Hall–Kier alpha value is -1.29. The average molecular weight is 222 g/mol. The quantitative estimate of drug-likeness (QED) is 0.764. The second kappa shape index (κ2) is 5.16. The molecule has 88 valence electrons. The molecule has 4 nitrogen and oxygen atoms in total. The van der Waals surface area contributed by atoms with Gasteiger partial charge < -0.3 is 15.5 Å². The van der Waals surface area contributed by atoms with E-state index in [0.717, 1.165) is 25.0 Å². The zero-order chi connectivity index (χ0) is 11.4. The molecule has 1 aromatic heterocycles. The van der Waals surface area contributed by atoms with Crippen LogP contribution in [0.1, 0.15) is 37.4 Å². The molecule has 1 aliphatic rings. The molecule has 0 radical (unpaired) electrons. The lowest BCUT2D eigenvalue weighted by molar-refractivity contribution is -0.121. The van der Waals surface area contributed by atoms with Gasteiger partial charge in [-0.2, -0.15) is 0 Å². The van der Waals surface area contributed by atoms with Gasteiger partial charge in [0, 0.05) is 24.9 Å². The van der Waals surface area contributed by atoms with E-state index in [1.54, 1.807) is 6.26 Å². The highest BCUT2D eigenvalue weighted by molar-refractivity contribution is 5.76. The first-order valence-electron chi connectivity index (χ1n) is 5.82. The van der Waals surface area contributed by atoms with Gasteiger partial charge in [-0.25, -0.2) is 0 Å². The zero-order valence-electron chi connectivity index (χ0n) is 9.32.